The largest absolute Gasteiger partial charge is 0.383 e. The van der Waals surface area contributed by atoms with Crippen LogP contribution in [0.2, 0.25) is 0 Å². The lowest BCUT2D eigenvalue weighted by Crippen LogP contribution is -2.31. The zero-order valence-electron chi connectivity index (χ0n) is 11.5. The molecule has 0 aliphatic rings. The molecular formula is C14H22N2OS. The minimum absolute atomic E-state index is 0.176. The van der Waals surface area contributed by atoms with E-state index in [0.29, 0.717) is 18.3 Å². The molecule has 18 heavy (non-hydrogen) atoms. The molecule has 0 aliphatic carbocycles. The monoisotopic (exact) mass is 266 g/mol. The van der Waals surface area contributed by atoms with Crippen LogP contribution in [0.25, 0.3) is 0 Å². The molecule has 0 saturated heterocycles. The molecular weight excluding hydrogens is 244 g/mol. The van der Waals surface area contributed by atoms with Crippen molar-refractivity contribution in [1.82, 2.24) is 5.32 Å². The van der Waals surface area contributed by atoms with Gasteiger partial charge in [-0.2, -0.15) is 0 Å². The van der Waals surface area contributed by atoms with Crippen molar-refractivity contribution >= 4 is 23.0 Å². The highest BCUT2D eigenvalue weighted by Gasteiger charge is 2.12. The van der Waals surface area contributed by atoms with Crippen molar-refractivity contribution in [3.05, 3.63) is 29.8 Å². The Morgan fingerprint density at radius 3 is 2.33 bits per heavy atom. The Kier molecular flexibility index (Phi) is 5.56. The Balaban J connectivity index is 2.51. The Morgan fingerprint density at radius 1 is 1.22 bits per heavy atom. The maximum Gasteiger partial charge on any atom is 0.170 e. The molecule has 1 rings (SSSR count). The van der Waals surface area contributed by atoms with E-state index in [-0.39, 0.29) is 5.41 Å². The van der Waals surface area contributed by atoms with Crippen molar-refractivity contribution in [2.45, 2.75) is 26.2 Å². The molecule has 0 aliphatic heterocycles. The predicted octanol–water partition coefficient (Wildman–Crippen LogP) is 2.92. The lowest BCUT2D eigenvalue weighted by atomic mass is 9.87. The fourth-order valence-electron chi connectivity index (χ4n) is 1.50. The van der Waals surface area contributed by atoms with E-state index in [4.69, 9.17) is 17.0 Å². The number of benzene rings is 1. The van der Waals surface area contributed by atoms with Gasteiger partial charge in [0.2, 0.25) is 0 Å². The SMILES string of the molecule is COCCNC(=S)Nc1ccc(C(C)(C)C)cc1. The minimum Gasteiger partial charge on any atom is -0.383 e. The van der Waals surface area contributed by atoms with Crippen molar-refractivity contribution < 1.29 is 4.74 Å². The molecule has 1 aromatic carbocycles. The van der Waals surface area contributed by atoms with Crippen molar-refractivity contribution in [2.24, 2.45) is 0 Å². The van der Waals surface area contributed by atoms with E-state index in [1.165, 1.54) is 5.56 Å². The van der Waals surface area contributed by atoms with E-state index in [9.17, 15) is 0 Å². The molecule has 2 N–H and O–H groups in total. The molecule has 100 valence electrons. The van der Waals surface area contributed by atoms with Gasteiger partial charge in [-0.05, 0) is 35.3 Å². The van der Waals surface area contributed by atoms with Crippen LogP contribution < -0.4 is 10.6 Å². The first-order chi connectivity index (χ1) is 8.43. The van der Waals surface area contributed by atoms with Gasteiger partial charge in [-0.15, -0.1) is 0 Å². The van der Waals surface area contributed by atoms with E-state index in [2.05, 4.69) is 43.5 Å². The number of rotatable bonds is 4. The van der Waals surface area contributed by atoms with Gasteiger partial charge in [0.15, 0.2) is 5.11 Å². The third kappa shape index (κ3) is 5.02. The van der Waals surface area contributed by atoms with Gasteiger partial charge in [0.1, 0.15) is 0 Å². The number of hydrogen-bond acceptors (Lipinski definition) is 2. The second kappa shape index (κ2) is 6.71. The molecule has 0 heterocycles. The molecule has 0 aromatic heterocycles. The van der Waals surface area contributed by atoms with Crippen molar-refractivity contribution in [3.63, 3.8) is 0 Å². The van der Waals surface area contributed by atoms with Crippen LogP contribution in [-0.4, -0.2) is 25.4 Å². The zero-order valence-corrected chi connectivity index (χ0v) is 12.4. The summed E-state index contributed by atoms with van der Waals surface area (Å²) < 4.78 is 4.95. The van der Waals surface area contributed by atoms with E-state index in [0.717, 1.165) is 5.69 Å². The first-order valence-electron chi connectivity index (χ1n) is 6.08. The number of ether oxygens (including phenoxy) is 1. The summed E-state index contributed by atoms with van der Waals surface area (Å²) in [6.45, 7) is 7.96. The second-order valence-corrected chi connectivity index (χ2v) is 5.61. The van der Waals surface area contributed by atoms with Crippen LogP contribution in [0, 0.1) is 0 Å². The Hall–Kier alpha value is -1.13. The topological polar surface area (TPSA) is 33.3 Å². The fraction of sp³-hybridized carbons (Fsp3) is 0.500. The molecule has 0 saturated carbocycles. The van der Waals surface area contributed by atoms with Crippen LogP contribution >= 0.6 is 12.2 Å². The Bertz CT molecular complexity index is 382. The third-order valence-electron chi connectivity index (χ3n) is 2.60. The zero-order chi connectivity index (χ0) is 13.6. The van der Waals surface area contributed by atoms with Crippen LogP contribution in [-0.2, 0) is 10.2 Å². The van der Waals surface area contributed by atoms with E-state index in [1.54, 1.807) is 7.11 Å². The van der Waals surface area contributed by atoms with Crippen molar-refractivity contribution in [3.8, 4) is 0 Å². The molecule has 0 radical (unpaired) electrons. The average molecular weight is 266 g/mol. The number of thiocarbonyl (C=S) groups is 1. The summed E-state index contributed by atoms with van der Waals surface area (Å²) in [6.07, 6.45) is 0. The summed E-state index contributed by atoms with van der Waals surface area (Å²) in [4.78, 5) is 0. The fourth-order valence-corrected chi connectivity index (χ4v) is 1.72. The highest BCUT2D eigenvalue weighted by atomic mass is 32.1. The molecule has 4 heteroatoms. The molecule has 0 bridgehead atoms. The maximum absolute atomic E-state index is 5.18. The lowest BCUT2D eigenvalue weighted by Gasteiger charge is -2.19. The second-order valence-electron chi connectivity index (χ2n) is 5.20. The van der Waals surface area contributed by atoms with Crippen LogP contribution in [0.3, 0.4) is 0 Å². The van der Waals surface area contributed by atoms with Gasteiger partial charge in [0, 0.05) is 19.3 Å². The van der Waals surface area contributed by atoms with Gasteiger partial charge in [0.25, 0.3) is 0 Å². The van der Waals surface area contributed by atoms with Gasteiger partial charge in [-0.1, -0.05) is 32.9 Å². The van der Waals surface area contributed by atoms with Crippen LogP contribution in [0.5, 0.6) is 0 Å². The quantitative estimate of drug-likeness (QED) is 0.648. The molecule has 3 nitrogen and oxygen atoms in total. The standard InChI is InChI=1S/C14H22N2OS/c1-14(2,3)11-5-7-12(8-6-11)16-13(18)15-9-10-17-4/h5-8H,9-10H2,1-4H3,(H2,15,16,18). The third-order valence-corrected chi connectivity index (χ3v) is 2.85. The van der Waals surface area contributed by atoms with Crippen molar-refractivity contribution in [2.75, 3.05) is 25.6 Å². The van der Waals surface area contributed by atoms with Crippen molar-refractivity contribution in [1.29, 1.82) is 0 Å². The highest BCUT2D eigenvalue weighted by molar-refractivity contribution is 7.80. The summed E-state index contributed by atoms with van der Waals surface area (Å²) in [5.41, 5.74) is 2.49. The first-order valence-corrected chi connectivity index (χ1v) is 6.48. The summed E-state index contributed by atoms with van der Waals surface area (Å²) in [5.74, 6) is 0. The van der Waals surface area contributed by atoms with Gasteiger partial charge >= 0.3 is 0 Å². The van der Waals surface area contributed by atoms with Gasteiger partial charge in [-0.25, -0.2) is 0 Å². The van der Waals surface area contributed by atoms with Gasteiger partial charge in [0.05, 0.1) is 6.61 Å². The normalized spacial score (nSPS) is 11.1. The smallest absolute Gasteiger partial charge is 0.170 e. The Labute approximate surface area is 115 Å². The summed E-state index contributed by atoms with van der Waals surface area (Å²) in [7, 11) is 1.67. The Morgan fingerprint density at radius 2 is 1.83 bits per heavy atom. The summed E-state index contributed by atoms with van der Waals surface area (Å²) in [6, 6.07) is 8.34. The van der Waals surface area contributed by atoms with Crippen LogP contribution in [0.15, 0.2) is 24.3 Å². The van der Waals surface area contributed by atoms with E-state index < -0.39 is 0 Å². The number of methoxy groups -OCH3 is 1. The molecule has 1 aromatic rings. The van der Waals surface area contributed by atoms with Crippen LogP contribution in [0.1, 0.15) is 26.3 Å². The number of anilines is 1. The average Bonchev–Trinajstić information content (AvgIpc) is 2.29. The summed E-state index contributed by atoms with van der Waals surface area (Å²) in [5, 5.41) is 6.84. The summed E-state index contributed by atoms with van der Waals surface area (Å²) >= 11 is 5.18. The van der Waals surface area contributed by atoms with Gasteiger partial charge in [-0.3, -0.25) is 0 Å². The van der Waals surface area contributed by atoms with Gasteiger partial charge < -0.3 is 15.4 Å². The number of hydrogen-bond donors (Lipinski definition) is 2. The highest BCUT2D eigenvalue weighted by Crippen LogP contribution is 2.23. The lowest BCUT2D eigenvalue weighted by molar-refractivity contribution is 0.204. The minimum atomic E-state index is 0.176. The van der Waals surface area contributed by atoms with Crippen LogP contribution in [0.4, 0.5) is 5.69 Å². The van der Waals surface area contributed by atoms with E-state index >= 15 is 0 Å². The molecule has 0 atom stereocenters. The van der Waals surface area contributed by atoms with E-state index in [1.807, 2.05) is 12.1 Å². The molecule has 0 spiro atoms. The number of nitrogens with one attached hydrogen (secondary N) is 2. The maximum atomic E-state index is 5.18. The molecule has 0 fully saturated rings. The first kappa shape index (κ1) is 14.9. The predicted molar refractivity (Wildman–Crippen MR) is 81.2 cm³/mol. The molecule has 0 amide bonds. The molecule has 0 unspecified atom stereocenters.